The maximum absolute atomic E-state index is 13.7. The van der Waals surface area contributed by atoms with E-state index in [9.17, 15) is 27.9 Å². The molecule has 3 aromatic carbocycles. The fourth-order valence-corrected chi connectivity index (χ4v) is 5.25. The number of carboxylic acid groups (broad SMARTS) is 1. The maximum Gasteiger partial charge on any atom is 1.00 e. The van der Waals surface area contributed by atoms with E-state index in [4.69, 9.17) is 21.1 Å². The van der Waals surface area contributed by atoms with E-state index >= 15 is 0 Å². The summed E-state index contributed by atoms with van der Waals surface area (Å²) in [6, 6.07) is 13.7. The molecule has 0 spiro atoms. The quantitative estimate of drug-likeness (QED) is 0.439. The Balaban J connectivity index is 0.00000387. The third-order valence-corrected chi connectivity index (χ3v) is 7.36. The summed E-state index contributed by atoms with van der Waals surface area (Å²) in [5.74, 6) is -1.55. The number of hydrogen-bond acceptors (Lipinski definition) is 6. The molecule has 210 valence electrons. The van der Waals surface area contributed by atoms with E-state index in [-0.39, 0.29) is 70.6 Å². The van der Waals surface area contributed by atoms with Gasteiger partial charge in [0.25, 0.3) is 5.91 Å². The van der Waals surface area contributed by atoms with Crippen molar-refractivity contribution in [3.05, 3.63) is 82.4 Å². The zero-order valence-electron chi connectivity index (χ0n) is 22.2. The number of nitrogens with zero attached hydrogens (tertiary/aromatic N) is 1. The van der Waals surface area contributed by atoms with Crippen molar-refractivity contribution in [2.24, 2.45) is 0 Å². The number of amides is 1. The number of anilines is 1. The molecule has 0 aliphatic carbocycles. The van der Waals surface area contributed by atoms with Gasteiger partial charge in [0.15, 0.2) is 0 Å². The first-order chi connectivity index (χ1) is 19.1. The zero-order chi connectivity index (χ0) is 28.4. The van der Waals surface area contributed by atoms with Crippen LogP contribution in [0.2, 0.25) is 5.02 Å². The van der Waals surface area contributed by atoms with Crippen LogP contribution in [-0.2, 0) is 11.0 Å². The van der Waals surface area contributed by atoms with Crippen molar-refractivity contribution in [2.75, 3.05) is 24.6 Å². The van der Waals surface area contributed by atoms with Crippen LogP contribution in [0.4, 0.5) is 18.9 Å². The molecule has 1 atom stereocenters. The number of carbonyl (C=O) groups is 2. The summed E-state index contributed by atoms with van der Waals surface area (Å²) in [7, 11) is 0. The molecule has 5 rings (SSSR count). The van der Waals surface area contributed by atoms with E-state index in [0.29, 0.717) is 43.0 Å². The first-order valence-electron chi connectivity index (χ1n) is 12.8. The van der Waals surface area contributed by atoms with Gasteiger partial charge >= 0.3 is 35.7 Å². The summed E-state index contributed by atoms with van der Waals surface area (Å²) in [5.41, 5.74) is 0.0530. The molecule has 2 aliphatic heterocycles. The van der Waals surface area contributed by atoms with Crippen molar-refractivity contribution in [1.29, 1.82) is 0 Å². The van der Waals surface area contributed by atoms with Crippen LogP contribution in [0.25, 0.3) is 0 Å². The zero-order valence-corrected chi connectivity index (χ0v) is 24.9. The minimum absolute atomic E-state index is 0. The number of halogens is 4. The number of nitrogens with one attached hydrogen (secondary N) is 1. The van der Waals surface area contributed by atoms with Crippen LogP contribution in [0, 0.1) is 0 Å². The van der Waals surface area contributed by atoms with E-state index in [1.807, 2.05) is 0 Å². The summed E-state index contributed by atoms with van der Waals surface area (Å²) >= 11 is 6.36. The van der Waals surface area contributed by atoms with E-state index in [1.165, 1.54) is 41.3 Å². The predicted octanol–water partition coefficient (Wildman–Crippen LogP) is 2.17. The molecular weight excluding hydrogens is 572 g/mol. The van der Waals surface area contributed by atoms with E-state index < -0.39 is 29.5 Å². The van der Waals surface area contributed by atoms with Crippen molar-refractivity contribution >= 4 is 29.2 Å². The second-order valence-electron chi connectivity index (χ2n) is 9.66. The van der Waals surface area contributed by atoms with Gasteiger partial charge in [-0.3, -0.25) is 4.79 Å². The molecule has 0 bridgehead atoms. The molecule has 1 saturated heterocycles. The summed E-state index contributed by atoms with van der Waals surface area (Å²) in [5, 5.41) is 14.9. The van der Waals surface area contributed by atoms with Crippen molar-refractivity contribution in [3.8, 4) is 17.2 Å². The van der Waals surface area contributed by atoms with Crippen LogP contribution < -0.4 is 54.4 Å². The first kappa shape index (κ1) is 31.2. The van der Waals surface area contributed by atoms with Gasteiger partial charge in [-0.2, -0.15) is 13.2 Å². The van der Waals surface area contributed by atoms with Crippen molar-refractivity contribution < 1.29 is 66.9 Å². The van der Waals surface area contributed by atoms with Crippen LogP contribution in [-0.4, -0.2) is 37.6 Å². The molecule has 1 N–H and O–H groups in total. The Labute approximate surface area is 261 Å². The maximum atomic E-state index is 13.7. The molecule has 0 radical (unpaired) electrons. The number of fused-ring (bicyclic) bond motifs is 1. The van der Waals surface area contributed by atoms with Crippen molar-refractivity contribution in [1.82, 2.24) is 5.32 Å². The second-order valence-corrected chi connectivity index (χ2v) is 10.1. The van der Waals surface area contributed by atoms with Crippen LogP contribution in [0.5, 0.6) is 17.2 Å². The second kappa shape index (κ2) is 13.0. The standard InChI is InChI=1S/C29H26ClF3N2O5.Na/c30-24-15-23-22(28(37)38)10-13-39-25(23)16-26(24)40-21-6-4-17(5-7-21)27(36)35(19-8-11-34-12-9-19)20-3-1-2-18(14-20)29(31,32)33;/h1-7,14-16,19,22,34H,8-13H2,(H,37,38);/q;+1/p-1. The summed E-state index contributed by atoms with van der Waals surface area (Å²) < 4.78 is 51.7. The fraction of sp³-hybridized carbons (Fsp3) is 0.310. The van der Waals surface area contributed by atoms with Crippen molar-refractivity contribution in [3.63, 3.8) is 0 Å². The van der Waals surface area contributed by atoms with Crippen molar-refractivity contribution in [2.45, 2.75) is 37.4 Å². The van der Waals surface area contributed by atoms with E-state index in [0.717, 1.165) is 12.1 Å². The van der Waals surface area contributed by atoms with Crippen LogP contribution in [0.1, 0.15) is 46.7 Å². The molecule has 2 heterocycles. The van der Waals surface area contributed by atoms with Crippen LogP contribution in [0.15, 0.2) is 60.7 Å². The molecule has 2 aliphatic rings. The van der Waals surface area contributed by atoms with Gasteiger partial charge < -0.3 is 29.6 Å². The average Bonchev–Trinajstić information content (AvgIpc) is 2.94. The summed E-state index contributed by atoms with van der Waals surface area (Å²) in [6.45, 7) is 1.51. The predicted molar refractivity (Wildman–Crippen MR) is 140 cm³/mol. The molecule has 12 heteroatoms. The number of aliphatic carboxylic acids is 1. The fourth-order valence-electron chi connectivity index (χ4n) is 5.04. The summed E-state index contributed by atoms with van der Waals surface area (Å²) in [6.07, 6.45) is -3.07. The third-order valence-electron chi connectivity index (χ3n) is 7.06. The van der Waals surface area contributed by atoms with E-state index in [1.54, 1.807) is 12.1 Å². The molecule has 41 heavy (non-hydrogen) atoms. The molecule has 3 aromatic rings. The molecule has 1 fully saturated rings. The Kier molecular flexibility index (Phi) is 9.92. The monoisotopic (exact) mass is 596 g/mol. The van der Waals surface area contributed by atoms with Crippen LogP contribution in [0.3, 0.4) is 0 Å². The largest absolute Gasteiger partial charge is 1.00 e. The number of rotatable bonds is 6. The van der Waals surface area contributed by atoms with E-state index in [2.05, 4.69) is 5.32 Å². The Hall–Kier alpha value is -2.76. The number of alkyl halides is 3. The molecule has 1 amide bonds. The molecule has 0 saturated carbocycles. The Morgan fingerprint density at radius 2 is 1.73 bits per heavy atom. The minimum Gasteiger partial charge on any atom is -0.549 e. The molecule has 0 aromatic heterocycles. The number of piperidine rings is 1. The number of benzene rings is 3. The number of carboxylic acids is 1. The van der Waals surface area contributed by atoms with Gasteiger partial charge in [-0.05, 0) is 80.9 Å². The minimum atomic E-state index is -4.54. The molecule has 1 unspecified atom stereocenters. The van der Waals surface area contributed by atoms with Gasteiger partial charge in [-0.15, -0.1) is 0 Å². The van der Waals surface area contributed by atoms with Gasteiger partial charge in [0, 0.05) is 40.8 Å². The smallest absolute Gasteiger partial charge is 0.549 e. The number of carbonyl (C=O) groups excluding carboxylic acids is 2. The van der Waals surface area contributed by atoms with Gasteiger partial charge in [-0.1, -0.05) is 17.7 Å². The average molecular weight is 597 g/mol. The van der Waals surface area contributed by atoms with Gasteiger partial charge in [0.1, 0.15) is 17.2 Å². The Bertz CT molecular complexity index is 1410. The topological polar surface area (TPSA) is 90.9 Å². The summed E-state index contributed by atoms with van der Waals surface area (Å²) in [4.78, 5) is 26.6. The third kappa shape index (κ3) is 7.01. The van der Waals surface area contributed by atoms with Gasteiger partial charge in [-0.25, -0.2) is 0 Å². The normalized spacial score (nSPS) is 17.0. The first-order valence-corrected chi connectivity index (χ1v) is 13.2. The Morgan fingerprint density at radius 1 is 1.02 bits per heavy atom. The molecular formula is C29H25ClF3N2NaO5. The molecule has 7 nitrogen and oxygen atoms in total. The Morgan fingerprint density at radius 3 is 2.39 bits per heavy atom. The number of ether oxygens (including phenoxy) is 2. The number of hydrogen-bond donors (Lipinski definition) is 1. The van der Waals surface area contributed by atoms with Gasteiger partial charge in [0.05, 0.1) is 17.2 Å². The van der Waals surface area contributed by atoms with Crippen LogP contribution >= 0.6 is 11.6 Å². The van der Waals surface area contributed by atoms with Gasteiger partial charge in [0.2, 0.25) is 0 Å². The SMILES string of the molecule is O=C([O-])C1CCOc2cc(Oc3ccc(C(=O)N(c4cccc(C(F)(F)F)c4)C4CCNCC4)cc3)c(Cl)cc21.[Na+].